The molecule has 5 aromatic rings. The molecule has 10 nitrogen and oxygen atoms in total. The summed E-state index contributed by atoms with van der Waals surface area (Å²) in [6.45, 7) is 4.34. The third-order valence-corrected chi connectivity index (χ3v) is 5.84. The van der Waals surface area contributed by atoms with Crippen molar-refractivity contribution in [2.24, 2.45) is 5.73 Å². The number of carbonyl (C=O) groups is 1. The second-order valence-corrected chi connectivity index (χ2v) is 8.76. The van der Waals surface area contributed by atoms with Crippen molar-refractivity contribution in [2.75, 3.05) is 5.73 Å². The van der Waals surface area contributed by atoms with E-state index >= 15 is 0 Å². The lowest BCUT2D eigenvalue weighted by Gasteiger charge is -2.25. The highest BCUT2D eigenvalue weighted by atomic mass is 16.1. The van der Waals surface area contributed by atoms with Crippen LogP contribution < -0.4 is 11.5 Å². The average Bonchev–Trinajstić information content (AvgIpc) is 3.49. The predicted octanol–water partition coefficient (Wildman–Crippen LogP) is 2.80. The summed E-state index contributed by atoms with van der Waals surface area (Å²) in [5, 5.41) is 4.22. The first-order chi connectivity index (χ1) is 16.3. The van der Waals surface area contributed by atoms with Crippen LogP contribution in [-0.2, 0) is 11.8 Å². The Bertz CT molecular complexity index is 1490. The van der Waals surface area contributed by atoms with Gasteiger partial charge in [0, 0.05) is 23.5 Å². The second-order valence-electron chi connectivity index (χ2n) is 8.76. The standard InChI is InChI=1S/C24H23N9O/c1-24(2,9-14-10-28-23(26)29-11-14)16-4-5-18-19(8-16)32-22(31-18)17-7-15(21(25)34)3-6-20(17)33-13-27-12-30-33/h3-8,10-13H,9H2,1-2H3,(H2,25,34)(H,31,32)(H2,26,28,29). The van der Waals surface area contributed by atoms with Crippen LogP contribution in [0.5, 0.6) is 0 Å². The zero-order chi connectivity index (χ0) is 23.9. The molecule has 10 heteroatoms. The minimum absolute atomic E-state index is 0.184. The number of hydrogen-bond acceptors (Lipinski definition) is 7. The number of H-pyrrole nitrogens is 1. The van der Waals surface area contributed by atoms with Gasteiger partial charge >= 0.3 is 0 Å². The Morgan fingerprint density at radius 2 is 1.91 bits per heavy atom. The molecule has 5 N–H and O–H groups in total. The third-order valence-electron chi connectivity index (χ3n) is 5.84. The molecule has 3 aromatic heterocycles. The van der Waals surface area contributed by atoms with Gasteiger partial charge in [0.2, 0.25) is 11.9 Å². The average molecular weight is 454 g/mol. The van der Waals surface area contributed by atoms with E-state index in [0.29, 0.717) is 17.0 Å². The Labute approximate surface area is 195 Å². The van der Waals surface area contributed by atoms with Crippen LogP contribution in [-0.4, -0.2) is 40.6 Å². The number of hydrogen-bond donors (Lipinski definition) is 3. The number of benzene rings is 2. The maximum Gasteiger partial charge on any atom is 0.248 e. The van der Waals surface area contributed by atoms with E-state index < -0.39 is 5.91 Å². The number of imidazole rings is 1. The minimum Gasteiger partial charge on any atom is -0.368 e. The van der Waals surface area contributed by atoms with Gasteiger partial charge in [0.25, 0.3) is 0 Å². The molecular weight excluding hydrogens is 430 g/mol. The summed E-state index contributed by atoms with van der Waals surface area (Å²) < 4.78 is 1.62. The van der Waals surface area contributed by atoms with E-state index in [2.05, 4.69) is 51.0 Å². The normalized spacial score (nSPS) is 11.7. The zero-order valence-corrected chi connectivity index (χ0v) is 18.7. The number of aromatic amines is 1. The predicted molar refractivity (Wildman–Crippen MR) is 128 cm³/mol. The monoisotopic (exact) mass is 453 g/mol. The molecule has 0 saturated heterocycles. The van der Waals surface area contributed by atoms with Crippen LogP contribution in [0.4, 0.5) is 5.95 Å². The van der Waals surface area contributed by atoms with Crippen molar-refractivity contribution in [1.29, 1.82) is 0 Å². The molecule has 0 bridgehead atoms. The lowest BCUT2D eigenvalue weighted by atomic mass is 9.79. The summed E-state index contributed by atoms with van der Waals surface area (Å²) in [7, 11) is 0. The minimum atomic E-state index is -0.516. The van der Waals surface area contributed by atoms with Crippen molar-refractivity contribution >= 4 is 22.9 Å². The summed E-state index contributed by atoms with van der Waals surface area (Å²) in [6, 6.07) is 11.3. The number of amides is 1. The first-order valence-electron chi connectivity index (χ1n) is 10.7. The van der Waals surface area contributed by atoms with Gasteiger partial charge < -0.3 is 16.5 Å². The highest BCUT2D eigenvalue weighted by Gasteiger charge is 2.23. The summed E-state index contributed by atoms with van der Waals surface area (Å²) >= 11 is 0. The first kappa shape index (κ1) is 21.3. The smallest absolute Gasteiger partial charge is 0.248 e. The number of rotatable bonds is 6. The summed E-state index contributed by atoms with van der Waals surface area (Å²) in [4.78, 5) is 32.2. The van der Waals surface area contributed by atoms with Gasteiger partial charge in [0.15, 0.2) is 0 Å². The maximum absolute atomic E-state index is 11.8. The molecule has 0 unspecified atom stereocenters. The molecule has 3 heterocycles. The molecule has 0 spiro atoms. The van der Waals surface area contributed by atoms with E-state index in [-0.39, 0.29) is 11.4 Å². The van der Waals surface area contributed by atoms with E-state index in [1.807, 2.05) is 6.07 Å². The zero-order valence-electron chi connectivity index (χ0n) is 18.7. The van der Waals surface area contributed by atoms with Crippen LogP contribution in [0.25, 0.3) is 28.1 Å². The van der Waals surface area contributed by atoms with Crippen LogP contribution >= 0.6 is 0 Å². The molecule has 1 amide bonds. The first-order valence-corrected chi connectivity index (χ1v) is 10.7. The number of carbonyl (C=O) groups excluding carboxylic acids is 1. The Kier molecular flexibility index (Phi) is 5.05. The fraction of sp³-hybridized carbons (Fsp3) is 0.167. The van der Waals surface area contributed by atoms with E-state index in [1.54, 1.807) is 41.6 Å². The lowest BCUT2D eigenvalue weighted by Crippen LogP contribution is -2.20. The van der Waals surface area contributed by atoms with Crippen molar-refractivity contribution < 1.29 is 4.79 Å². The van der Waals surface area contributed by atoms with E-state index in [0.717, 1.165) is 34.3 Å². The fourth-order valence-corrected chi connectivity index (χ4v) is 4.04. The molecular formula is C24H23N9O. The van der Waals surface area contributed by atoms with Crippen molar-refractivity contribution in [3.05, 3.63) is 78.1 Å². The number of fused-ring (bicyclic) bond motifs is 1. The molecule has 2 aromatic carbocycles. The van der Waals surface area contributed by atoms with Crippen LogP contribution in [0.3, 0.4) is 0 Å². The molecule has 0 aliphatic heterocycles. The number of anilines is 1. The number of nitrogen functional groups attached to an aromatic ring is 1. The van der Waals surface area contributed by atoms with Crippen LogP contribution in [0.2, 0.25) is 0 Å². The highest BCUT2D eigenvalue weighted by molar-refractivity contribution is 5.95. The number of nitrogens with zero attached hydrogens (tertiary/aromatic N) is 6. The van der Waals surface area contributed by atoms with Gasteiger partial charge in [-0.05, 0) is 53.3 Å². The summed E-state index contributed by atoms with van der Waals surface area (Å²) in [5.74, 6) is 0.349. The summed E-state index contributed by atoms with van der Waals surface area (Å²) in [5.41, 5.74) is 16.6. The lowest BCUT2D eigenvalue weighted by molar-refractivity contribution is 0.100. The van der Waals surface area contributed by atoms with Gasteiger partial charge in [0.1, 0.15) is 18.5 Å². The second kappa shape index (κ2) is 8.07. The van der Waals surface area contributed by atoms with Crippen molar-refractivity contribution in [1.82, 2.24) is 34.7 Å². The van der Waals surface area contributed by atoms with E-state index in [4.69, 9.17) is 16.5 Å². The molecule has 170 valence electrons. The number of nitrogens with one attached hydrogen (secondary N) is 1. The van der Waals surface area contributed by atoms with Crippen LogP contribution in [0, 0.1) is 0 Å². The molecule has 0 saturated carbocycles. The molecule has 0 fully saturated rings. The Morgan fingerprint density at radius 3 is 2.62 bits per heavy atom. The largest absolute Gasteiger partial charge is 0.368 e. The van der Waals surface area contributed by atoms with Gasteiger partial charge in [-0.15, -0.1) is 0 Å². The molecule has 0 atom stereocenters. The number of primary amides is 1. The quantitative estimate of drug-likeness (QED) is 0.357. The molecule has 0 aliphatic carbocycles. The number of nitrogens with two attached hydrogens (primary N) is 2. The van der Waals surface area contributed by atoms with Crippen molar-refractivity contribution in [3.63, 3.8) is 0 Å². The van der Waals surface area contributed by atoms with Gasteiger partial charge in [-0.25, -0.2) is 24.6 Å². The molecule has 0 aliphatic rings. The highest BCUT2D eigenvalue weighted by Crippen LogP contribution is 2.32. The van der Waals surface area contributed by atoms with Gasteiger partial charge in [-0.3, -0.25) is 4.79 Å². The Morgan fingerprint density at radius 1 is 1.12 bits per heavy atom. The molecule has 5 rings (SSSR count). The van der Waals surface area contributed by atoms with Crippen LogP contribution in [0.1, 0.15) is 35.3 Å². The van der Waals surface area contributed by atoms with Crippen LogP contribution in [0.15, 0.2) is 61.4 Å². The van der Waals surface area contributed by atoms with Crippen molar-refractivity contribution in [3.8, 4) is 17.1 Å². The van der Waals surface area contributed by atoms with Crippen molar-refractivity contribution in [2.45, 2.75) is 25.7 Å². The van der Waals surface area contributed by atoms with Gasteiger partial charge in [0.05, 0.1) is 16.7 Å². The Balaban J connectivity index is 1.55. The molecule has 0 radical (unpaired) electrons. The van der Waals surface area contributed by atoms with E-state index in [9.17, 15) is 4.79 Å². The van der Waals surface area contributed by atoms with Gasteiger partial charge in [-0.2, -0.15) is 5.10 Å². The van der Waals surface area contributed by atoms with E-state index in [1.165, 1.54) is 6.33 Å². The molecule has 34 heavy (non-hydrogen) atoms. The summed E-state index contributed by atoms with van der Waals surface area (Å²) in [6.07, 6.45) is 7.30. The van der Waals surface area contributed by atoms with Gasteiger partial charge in [-0.1, -0.05) is 19.9 Å². The Hall–Kier alpha value is -4.60. The third kappa shape index (κ3) is 3.96. The maximum atomic E-state index is 11.8. The SMILES string of the molecule is CC(C)(Cc1cnc(N)nc1)c1ccc2nc(-c3cc(C(N)=O)ccc3-n3cncn3)[nH]c2c1. The fourth-order valence-electron chi connectivity index (χ4n) is 4.04. The number of aromatic nitrogens is 7. The topological polar surface area (TPSA) is 154 Å².